The van der Waals surface area contributed by atoms with Gasteiger partial charge in [-0.3, -0.25) is 14.2 Å². The minimum Gasteiger partial charge on any atom is -0.497 e. The molecule has 1 aromatic heterocycles. The lowest BCUT2D eigenvalue weighted by molar-refractivity contribution is 0.0916. The van der Waals surface area contributed by atoms with Crippen molar-refractivity contribution in [2.24, 2.45) is 0 Å². The van der Waals surface area contributed by atoms with E-state index < -0.39 is 17.2 Å². The Kier molecular flexibility index (Phi) is 7.19. The summed E-state index contributed by atoms with van der Waals surface area (Å²) >= 11 is 0. The van der Waals surface area contributed by atoms with Gasteiger partial charge in [-0.25, -0.2) is 0 Å². The highest BCUT2D eigenvalue weighted by Gasteiger charge is 2.24. The maximum Gasteiger partial charge on any atom is 0.271 e. The van der Waals surface area contributed by atoms with E-state index in [1.807, 2.05) is 50.2 Å². The minimum absolute atomic E-state index is 0.0785. The molecule has 1 N–H and O–H groups in total. The third kappa shape index (κ3) is 5.24. The number of hydrogen-bond donors (Lipinski definition) is 1. The summed E-state index contributed by atoms with van der Waals surface area (Å²) in [6.07, 6.45) is 0.415. The van der Waals surface area contributed by atoms with E-state index in [0.29, 0.717) is 17.9 Å². The lowest BCUT2D eigenvalue weighted by Crippen LogP contribution is -2.28. The molecule has 2 aromatic carbocycles. The molecule has 3 aromatic rings. The van der Waals surface area contributed by atoms with Crippen LogP contribution in [0.3, 0.4) is 0 Å². The second-order valence-electron chi connectivity index (χ2n) is 7.90. The molecule has 0 atom stereocenters. The van der Waals surface area contributed by atoms with Gasteiger partial charge in [0.05, 0.1) is 12.7 Å². The molecule has 0 aliphatic heterocycles. The molecule has 0 aliphatic carbocycles. The third-order valence-electron chi connectivity index (χ3n) is 5.43. The first-order valence-corrected chi connectivity index (χ1v) is 10.5. The summed E-state index contributed by atoms with van der Waals surface area (Å²) in [7, 11) is 1.57. The number of hydrogen-bond acceptors (Lipinski definition) is 6. The number of rotatable bonds is 8. The van der Waals surface area contributed by atoms with Gasteiger partial charge in [0.25, 0.3) is 5.56 Å². The highest BCUT2D eigenvalue weighted by molar-refractivity contribution is 6.01. The number of methoxy groups -OCH3 is 1. The van der Waals surface area contributed by atoms with Gasteiger partial charge < -0.3 is 14.6 Å². The zero-order valence-electron chi connectivity index (χ0n) is 19.1. The number of aromatic nitrogens is 1. The molecular weight excluding hydrogens is 420 g/mol. The smallest absolute Gasteiger partial charge is 0.271 e. The van der Waals surface area contributed by atoms with Crippen molar-refractivity contribution in [3.8, 4) is 23.4 Å². The highest BCUT2D eigenvalue weighted by Crippen LogP contribution is 2.24. The fraction of sp³-hybridized carbons (Fsp3) is 0.269. The number of Topliss-reactive ketones (excluding diaryl/α,β-unsaturated/α-hetero) is 1. The maximum absolute atomic E-state index is 13.0. The third-order valence-corrected chi connectivity index (χ3v) is 5.43. The van der Waals surface area contributed by atoms with Crippen molar-refractivity contribution >= 4 is 5.78 Å². The van der Waals surface area contributed by atoms with Gasteiger partial charge in [0.1, 0.15) is 23.1 Å². The second kappa shape index (κ2) is 10.0. The molecule has 170 valence electrons. The SMILES string of the molecule is COc1ccc(CCn2c(O)c(C(=O)COc3cc(C)cc(C)c3)c(C)c(C#N)c2=O)cc1. The predicted octanol–water partition coefficient (Wildman–Crippen LogP) is 3.86. The molecule has 1 heterocycles. The van der Waals surface area contributed by atoms with Crippen molar-refractivity contribution in [1.29, 1.82) is 5.26 Å². The van der Waals surface area contributed by atoms with Gasteiger partial charge in [0.2, 0.25) is 11.7 Å². The van der Waals surface area contributed by atoms with Crippen molar-refractivity contribution in [3.63, 3.8) is 0 Å². The molecule has 7 nitrogen and oxygen atoms in total. The largest absolute Gasteiger partial charge is 0.497 e. The Bertz CT molecular complexity index is 1260. The quantitative estimate of drug-likeness (QED) is 0.527. The monoisotopic (exact) mass is 446 g/mol. The second-order valence-corrected chi connectivity index (χ2v) is 7.90. The van der Waals surface area contributed by atoms with Gasteiger partial charge in [0, 0.05) is 6.54 Å². The zero-order valence-corrected chi connectivity index (χ0v) is 19.1. The average molecular weight is 447 g/mol. The lowest BCUT2D eigenvalue weighted by Gasteiger charge is -2.16. The van der Waals surface area contributed by atoms with Gasteiger partial charge in [0.15, 0.2) is 6.61 Å². The normalized spacial score (nSPS) is 10.5. The van der Waals surface area contributed by atoms with Crippen molar-refractivity contribution in [2.45, 2.75) is 33.7 Å². The Balaban J connectivity index is 1.89. The van der Waals surface area contributed by atoms with Gasteiger partial charge >= 0.3 is 0 Å². The van der Waals surface area contributed by atoms with E-state index >= 15 is 0 Å². The van der Waals surface area contributed by atoms with Crippen LogP contribution in [0, 0.1) is 32.1 Å². The number of nitrogens with zero attached hydrogens (tertiary/aromatic N) is 2. The first-order chi connectivity index (χ1) is 15.7. The fourth-order valence-corrected chi connectivity index (χ4v) is 3.76. The lowest BCUT2D eigenvalue weighted by atomic mass is 10.0. The summed E-state index contributed by atoms with van der Waals surface area (Å²) in [5, 5.41) is 20.4. The van der Waals surface area contributed by atoms with E-state index in [2.05, 4.69) is 0 Å². The maximum atomic E-state index is 13.0. The Morgan fingerprint density at radius 2 is 1.70 bits per heavy atom. The summed E-state index contributed by atoms with van der Waals surface area (Å²) in [6.45, 7) is 5.10. The van der Waals surface area contributed by atoms with Crippen LogP contribution in [0.4, 0.5) is 0 Å². The van der Waals surface area contributed by atoms with Gasteiger partial charge in [-0.05, 0) is 73.7 Å². The summed E-state index contributed by atoms with van der Waals surface area (Å²) in [4.78, 5) is 25.8. The number of carbonyl (C=O) groups excluding carboxylic acids is 1. The average Bonchev–Trinajstić information content (AvgIpc) is 2.77. The van der Waals surface area contributed by atoms with Crippen molar-refractivity contribution in [1.82, 2.24) is 4.57 Å². The van der Waals surface area contributed by atoms with E-state index in [4.69, 9.17) is 9.47 Å². The predicted molar refractivity (Wildman–Crippen MR) is 124 cm³/mol. The molecule has 0 radical (unpaired) electrons. The summed E-state index contributed by atoms with van der Waals surface area (Å²) in [5.74, 6) is 0.266. The van der Waals surface area contributed by atoms with Gasteiger partial charge in [-0.2, -0.15) is 5.26 Å². The molecular formula is C26H26N2O5. The molecule has 7 heteroatoms. The van der Waals surface area contributed by atoms with Crippen LogP contribution in [0.1, 0.15) is 38.2 Å². The van der Waals surface area contributed by atoms with Crippen LogP contribution in [0.25, 0.3) is 0 Å². The fourth-order valence-electron chi connectivity index (χ4n) is 3.76. The van der Waals surface area contributed by atoms with Gasteiger partial charge in [-0.15, -0.1) is 0 Å². The number of ketones is 1. The van der Waals surface area contributed by atoms with E-state index in [0.717, 1.165) is 21.3 Å². The molecule has 0 saturated carbocycles. The summed E-state index contributed by atoms with van der Waals surface area (Å²) in [5.41, 5.74) is 2.17. The number of carbonyl (C=O) groups is 1. The number of pyridine rings is 1. The van der Waals surface area contributed by atoms with E-state index in [1.165, 1.54) is 6.92 Å². The zero-order chi connectivity index (χ0) is 24.1. The number of benzene rings is 2. The number of aromatic hydroxyl groups is 1. The van der Waals surface area contributed by atoms with Crippen LogP contribution in [-0.2, 0) is 13.0 Å². The Labute approximate surface area is 192 Å². The number of aryl methyl sites for hydroxylation is 3. The molecule has 0 aliphatic rings. The van der Waals surface area contributed by atoms with Crippen LogP contribution in [-0.4, -0.2) is 29.2 Å². The van der Waals surface area contributed by atoms with E-state index in [9.17, 15) is 20.0 Å². The van der Waals surface area contributed by atoms with Crippen LogP contribution >= 0.6 is 0 Å². The Morgan fingerprint density at radius 1 is 1.06 bits per heavy atom. The van der Waals surface area contributed by atoms with Crippen molar-refractivity contribution in [2.75, 3.05) is 13.7 Å². The van der Waals surface area contributed by atoms with Gasteiger partial charge in [-0.1, -0.05) is 18.2 Å². The van der Waals surface area contributed by atoms with Crippen LogP contribution < -0.4 is 15.0 Å². The Hall–Kier alpha value is -4.05. The van der Waals surface area contributed by atoms with E-state index in [1.54, 1.807) is 19.2 Å². The highest BCUT2D eigenvalue weighted by atomic mass is 16.5. The molecule has 0 unspecified atom stereocenters. The van der Waals surface area contributed by atoms with E-state index in [-0.39, 0.29) is 29.8 Å². The standard InChI is InChI=1S/C26H26N2O5/c1-16-11-17(2)13-21(12-16)33-15-23(29)24-18(3)22(14-27)25(30)28(26(24)31)10-9-19-5-7-20(32-4)8-6-19/h5-8,11-13,31H,9-10,15H2,1-4H3. The molecule has 0 amide bonds. The number of ether oxygens (including phenoxy) is 2. The van der Waals surface area contributed by atoms with Crippen LogP contribution in [0.2, 0.25) is 0 Å². The molecule has 0 bridgehead atoms. The molecule has 33 heavy (non-hydrogen) atoms. The van der Waals surface area contributed by atoms with Crippen LogP contribution in [0.5, 0.6) is 17.4 Å². The minimum atomic E-state index is -0.632. The molecule has 0 fully saturated rings. The van der Waals surface area contributed by atoms with Crippen molar-refractivity contribution in [3.05, 3.63) is 86.2 Å². The van der Waals surface area contributed by atoms with Crippen LogP contribution in [0.15, 0.2) is 47.3 Å². The first-order valence-electron chi connectivity index (χ1n) is 10.5. The number of nitriles is 1. The molecule has 3 rings (SSSR count). The molecule has 0 spiro atoms. The summed E-state index contributed by atoms with van der Waals surface area (Å²) in [6, 6.07) is 14.8. The molecule has 0 saturated heterocycles. The Morgan fingerprint density at radius 3 is 2.27 bits per heavy atom. The van der Waals surface area contributed by atoms with Crippen molar-refractivity contribution < 1.29 is 19.4 Å². The summed E-state index contributed by atoms with van der Waals surface area (Å²) < 4.78 is 11.9. The topological polar surface area (TPSA) is 102 Å². The first kappa shape index (κ1) is 23.6.